The summed E-state index contributed by atoms with van der Waals surface area (Å²) < 4.78 is 5.18. The highest BCUT2D eigenvalue weighted by Crippen LogP contribution is 2.24. The molecule has 1 aliphatic rings. The highest BCUT2D eigenvalue weighted by molar-refractivity contribution is 5.77. The first-order valence-electron chi connectivity index (χ1n) is 8.98. The zero-order valence-corrected chi connectivity index (χ0v) is 15.6. The fraction of sp³-hybridized carbons (Fsp3) is 0.500. The fourth-order valence-corrected chi connectivity index (χ4v) is 3.52. The first-order chi connectivity index (χ1) is 12.0. The maximum absolute atomic E-state index is 12.5. The van der Waals surface area contributed by atoms with E-state index in [1.54, 1.807) is 0 Å². The molecule has 0 aliphatic carbocycles. The van der Waals surface area contributed by atoms with Gasteiger partial charge in [-0.25, -0.2) is 0 Å². The van der Waals surface area contributed by atoms with Crippen LogP contribution in [0.1, 0.15) is 34.6 Å². The van der Waals surface area contributed by atoms with E-state index in [4.69, 9.17) is 4.52 Å². The Hall–Kier alpha value is -2.30. The molecule has 25 heavy (non-hydrogen) atoms. The van der Waals surface area contributed by atoms with E-state index >= 15 is 0 Å². The molecule has 2 heterocycles. The van der Waals surface area contributed by atoms with Crippen molar-refractivity contribution in [3.8, 4) is 0 Å². The molecule has 1 aromatic carbocycles. The summed E-state index contributed by atoms with van der Waals surface area (Å²) in [6.45, 7) is 11.5. The van der Waals surface area contributed by atoms with E-state index in [-0.39, 0.29) is 5.91 Å². The maximum atomic E-state index is 12.5. The number of piperazine rings is 1. The lowest BCUT2D eigenvalue weighted by Crippen LogP contribution is -2.49. The van der Waals surface area contributed by atoms with Gasteiger partial charge >= 0.3 is 0 Å². The van der Waals surface area contributed by atoms with E-state index in [1.807, 2.05) is 18.7 Å². The lowest BCUT2D eigenvalue weighted by atomic mass is 10.1. The van der Waals surface area contributed by atoms with E-state index in [9.17, 15) is 4.79 Å². The number of aromatic nitrogens is 1. The number of anilines is 1. The van der Waals surface area contributed by atoms with E-state index < -0.39 is 0 Å². The lowest BCUT2D eigenvalue weighted by Gasteiger charge is -2.37. The highest BCUT2D eigenvalue weighted by Gasteiger charge is 2.22. The van der Waals surface area contributed by atoms with E-state index in [0.29, 0.717) is 12.8 Å². The average molecular weight is 341 g/mol. The van der Waals surface area contributed by atoms with Crippen molar-refractivity contribution in [2.75, 3.05) is 31.1 Å². The van der Waals surface area contributed by atoms with Crippen LogP contribution in [0.5, 0.6) is 0 Å². The summed E-state index contributed by atoms with van der Waals surface area (Å²) in [4.78, 5) is 16.9. The molecular weight excluding hydrogens is 314 g/mol. The predicted octanol–water partition coefficient (Wildman–Crippen LogP) is 3.19. The molecule has 2 aromatic rings. The highest BCUT2D eigenvalue weighted by atomic mass is 16.5. The number of nitrogens with zero attached hydrogens (tertiary/aromatic N) is 3. The van der Waals surface area contributed by atoms with Gasteiger partial charge in [-0.3, -0.25) is 4.79 Å². The third-order valence-electron chi connectivity index (χ3n) is 5.32. The van der Waals surface area contributed by atoms with Crippen molar-refractivity contribution in [2.45, 2.75) is 40.5 Å². The second-order valence-electron chi connectivity index (χ2n) is 6.89. The Morgan fingerprint density at radius 3 is 2.48 bits per heavy atom. The van der Waals surface area contributed by atoms with Crippen LogP contribution in [-0.4, -0.2) is 42.1 Å². The number of amides is 1. The van der Waals surface area contributed by atoms with E-state index in [2.05, 4.69) is 42.1 Å². The molecule has 5 heteroatoms. The van der Waals surface area contributed by atoms with Crippen LogP contribution in [0.2, 0.25) is 0 Å². The second kappa shape index (κ2) is 7.30. The van der Waals surface area contributed by atoms with Crippen molar-refractivity contribution < 1.29 is 9.32 Å². The molecule has 3 rings (SSSR count). The molecule has 1 amide bonds. The molecule has 0 radical (unpaired) electrons. The normalized spacial score (nSPS) is 14.9. The number of aryl methyl sites for hydroxylation is 3. The van der Waals surface area contributed by atoms with Gasteiger partial charge in [0.25, 0.3) is 0 Å². The summed E-state index contributed by atoms with van der Waals surface area (Å²) in [6, 6.07) is 6.43. The SMILES string of the molecule is Cc1cccc(N2CCN(C(=O)CCc3c(C)noc3C)CC2)c1C. The van der Waals surface area contributed by atoms with Crippen molar-refractivity contribution >= 4 is 11.6 Å². The molecule has 0 atom stereocenters. The van der Waals surface area contributed by atoms with Crippen LogP contribution in [-0.2, 0) is 11.2 Å². The van der Waals surface area contributed by atoms with Crippen LogP contribution in [0.4, 0.5) is 5.69 Å². The van der Waals surface area contributed by atoms with Crippen molar-refractivity contribution in [3.63, 3.8) is 0 Å². The topological polar surface area (TPSA) is 49.6 Å². The quantitative estimate of drug-likeness (QED) is 0.857. The summed E-state index contributed by atoms with van der Waals surface area (Å²) >= 11 is 0. The van der Waals surface area contributed by atoms with E-state index in [0.717, 1.165) is 43.2 Å². The van der Waals surface area contributed by atoms with Crippen LogP contribution < -0.4 is 4.90 Å². The molecule has 1 aromatic heterocycles. The smallest absolute Gasteiger partial charge is 0.223 e. The molecule has 134 valence electrons. The molecule has 0 unspecified atom stereocenters. The molecule has 5 nitrogen and oxygen atoms in total. The van der Waals surface area contributed by atoms with Crippen molar-refractivity contribution in [2.24, 2.45) is 0 Å². The van der Waals surface area contributed by atoms with Gasteiger partial charge < -0.3 is 14.3 Å². The zero-order valence-electron chi connectivity index (χ0n) is 15.6. The molecule has 1 aliphatic heterocycles. The summed E-state index contributed by atoms with van der Waals surface area (Å²) in [5.41, 5.74) is 5.91. The molecule has 0 N–H and O–H groups in total. The molecular formula is C20H27N3O2. The Balaban J connectivity index is 1.55. The van der Waals surface area contributed by atoms with Crippen LogP contribution >= 0.6 is 0 Å². The monoisotopic (exact) mass is 341 g/mol. The molecule has 1 saturated heterocycles. The van der Waals surface area contributed by atoms with Crippen LogP contribution in [0.15, 0.2) is 22.7 Å². The second-order valence-corrected chi connectivity index (χ2v) is 6.89. The van der Waals surface area contributed by atoms with Gasteiger partial charge in [-0.2, -0.15) is 0 Å². The van der Waals surface area contributed by atoms with Crippen LogP contribution in [0, 0.1) is 27.7 Å². The first kappa shape index (κ1) is 17.5. The number of hydrogen-bond donors (Lipinski definition) is 0. The zero-order chi connectivity index (χ0) is 18.0. The Morgan fingerprint density at radius 1 is 1.12 bits per heavy atom. The Labute approximate surface area is 149 Å². The Kier molecular flexibility index (Phi) is 5.11. The lowest BCUT2D eigenvalue weighted by molar-refractivity contribution is -0.131. The standard InChI is InChI=1S/C20H27N3O2/c1-14-6-5-7-19(15(14)2)22-10-12-23(13-11-22)20(24)9-8-18-16(3)21-25-17(18)4/h5-7H,8-13H2,1-4H3. The van der Waals surface area contributed by atoms with Crippen LogP contribution in [0.25, 0.3) is 0 Å². The van der Waals surface area contributed by atoms with Gasteiger partial charge in [0.1, 0.15) is 5.76 Å². The Bertz CT molecular complexity index is 739. The van der Waals surface area contributed by atoms with Gasteiger partial charge in [0.05, 0.1) is 5.69 Å². The number of rotatable bonds is 4. The number of hydrogen-bond acceptors (Lipinski definition) is 4. The third kappa shape index (κ3) is 3.70. The Morgan fingerprint density at radius 2 is 1.84 bits per heavy atom. The fourth-order valence-electron chi connectivity index (χ4n) is 3.52. The van der Waals surface area contributed by atoms with Gasteiger partial charge in [-0.05, 0) is 51.3 Å². The average Bonchev–Trinajstić information content (AvgIpc) is 2.93. The van der Waals surface area contributed by atoms with Crippen LogP contribution in [0.3, 0.4) is 0 Å². The summed E-state index contributed by atoms with van der Waals surface area (Å²) in [6.07, 6.45) is 1.23. The third-order valence-corrected chi connectivity index (χ3v) is 5.32. The van der Waals surface area contributed by atoms with Gasteiger partial charge in [0.15, 0.2) is 0 Å². The molecule has 0 bridgehead atoms. The van der Waals surface area contributed by atoms with Gasteiger partial charge in [0, 0.05) is 43.9 Å². The minimum atomic E-state index is 0.223. The molecule has 0 spiro atoms. The van der Waals surface area contributed by atoms with Gasteiger partial charge in [-0.15, -0.1) is 0 Å². The van der Waals surface area contributed by atoms with Gasteiger partial charge in [-0.1, -0.05) is 17.3 Å². The largest absolute Gasteiger partial charge is 0.368 e. The number of carbonyl (C=O) groups excluding carboxylic acids is 1. The van der Waals surface area contributed by atoms with Gasteiger partial charge in [0.2, 0.25) is 5.91 Å². The molecule has 0 saturated carbocycles. The predicted molar refractivity (Wildman–Crippen MR) is 99.0 cm³/mol. The summed E-state index contributed by atoms with van der Waals surface area (Å²) in [7, 11) is 0. The minimum absolute atomic E-state index is 0.223. The summed E-state index contributed by atoms with van der Waals surface area (Å²) in [5.74, 6) is 1.05. The minimum Gasteiger partial charge on any atom is -0.368 e. The first-order valence-corrected chi connectivity index (χ1v) is 8.98. The van der Waals surface area contributed by atoms with Crippen molar-refractivity contribution in [3.05, 3.63) is 46.3 Å². The summed E-state index contributed by atoms with van der Waals surface area (Å²) in [5, 5.41) is 3.96. The maximum Gasteiger partial charge on any atom is 0.223 e. The number of benzene rings is 1. The van der Waals surface area contributed by atoms with Crippen molar-refractivity contribution in [1.82, 2.24) is 10.1 Å². The molecule has 1 fully saturated rings. The van der Waals surface area contributed by atoms with Crippen molar-refractivity contribution in [1.29, 1.82) is 0 Å². The van der Waals surface area contributed by atoms with E-state index in [1.165, 1.54) is 16.8 Å². The number of carbonyl (C=O) groups is 1.